The van der Waals surface area contributed by atoms with Crippen molar-refractivity contribution in [3.63, 3.8) is 0 Å². The molecule has 2 heterocycles. The van der Waals surface area contributed by atoms with Crippen molar-refractivity contribution in [2.24, 2.45) is 11.1 Å². The van der Waals surface area contributed by atoms with Crippen LogP contribution in [0.1, 0.15) is 38.8 Å². The Hall–Kier alpha value is -0.960. The van der Waals surface area contributed by atoms with Gasteiger partial charge in [-0.1, -0.05) is 20.8 Å². The summed E-state index contributed by atoms with van der Waals surface area (Å²) in [5.41, 5.74) is 7.65. The zero-order chi connectivity index (χ0) is 11.1. The van der Waals surface area contributed by atoms with Gasteiger partial charge in [0, 0.05) is 30.9 Å². The van der Waals surface area contributed by atoms with E-state index in [1.165, 1.54) is 17.8 Å². The highest BCUT2D eigenvalue weighted by Gasteiger charge is 2.26. The average Bonchev–Trinajstić information content (AvgIpc) is 2.58. The molecule has 0 bridgehead atoms. The third-order valence-electron chi connectivity index (χ3n) is 3.13. The molecule has 3 heteroatoms. The van der Waals surface area contributed by atoms with E-state index in [1.807, 2.05) is 0 Å². The van der Waals surface area contributed by atoms with Crippen molar-refractivity contribution in [1.82, 2.24) is 4.57 Å². The second-order valence-corrected chi connectivity index (χ2v) is 5.44. The second-order valence-electron chi connectivity index (χ2n) is 5.44. The maximum Gasteiger partial charge on any atom is 0.110 e. The molecule has 0 fully saturated rings. The first-order chi connectivity index (χ1) is 7.00. The van der Waals surface area contributed by atoms with Gasteiger partial charge in [-0.3, -0.25) is 0 Å². The predicted molar refractivity (Wildman–Crippen MR) is 63.9 cm³/mol. The first-order valence-electron chi connectivity index (χ1n) is 5.68. The van der Waals surface area contributed by atoms with E-state index in [2.05, 4.69) is 42.9 Å². The number of hydrogen-bond donors (Lipinski definition) is 2. The molecule has 0 aromatic carbocycles. The van der Waals surface area contributed by atoms with Crippen molar-refractivity contribution >= 4 is 5.82 Å². The summed E-state index contributed by atoms with van der Waals surface area (Å²) in [5.74, 6) is 1.23. The number of aromatic nitrogens is 1. The molecule has 1 unspecified atom stereocenters. The van der Waals surface area contributed by atoms with E-state index >= 15 is 0 Å². The smallest absolute Gasteiger partial charge is 0.110 e. The van der Waals surface area contributed by atoms with Gasteiger partial charge in [0.25, 0.3) is 0 Å². The minimum absolute atomic E-state index is 0.0966. The SMILES string of the molecule is CC(C)(C)C(N)c1ccn2c1NCCC2. The van der Waals surface area contributed by atoms with E-state index in [0.29, 0.717) is 0 Å². The largest absolute Gasteiger partial charge is 0.371 e. The summed E-state index contributed by atoms with van der Waals surface area (Å²) in [6, 6.07) is 2.25. The fraction of sp³-hybridized carbons (Fsp3) is 0.667. The number of anilines is 1. The normalized spacial score (nSPS) is 18.1. The topological polar surface area (TPSA) is 43.0 Å². The standard InChI is InChI=1S/C12H21N3/c1-12(2,3)10(13)9-5-8-15-7-4-6-14-11(9)15/h5,8,10,14H,4,6-7,13H2,1-3H3. The highest BCUT2D eigenvalue weighted by Crippen LogP contribution is 2.35. The Morgan fingerprint density at radius 2 is 2.20 bits per heavy atom. The van der Waals surface area contributed by atoms with Gasteiger partial charge in [0.15, 0.2) is 0 Å². The molecule has 0 radical (unpaired) electrons. The molecule has 84 valence electrons. The second kappa shape index (κ2) is 3.56. The van der Waals surface area contributed by atoms with Gasteiger partial charge in [-0.15, -0.1) is 0 Å². The van der Waals surface area contributed by atoms with Gasteiger partial charge >= 0.3 is 0 Å². The van der Waals surface area contributed by atoms with Gasteiger partial charge in [0.2, 0.25) is 0 Å². The van der Waals surface area contributed by atoms with Crippen molar-refractivity contribution in [3.05, 3.63) is 17.8 Å². The molecule has 3 nitrogen and oxygen atoms in total. The molecule has 1 aromatic rings. The van der Waals surface area contributed by atoms with Crippen molar-refractivity contribution < 1.29 is 0 Å². The first-order valence-corrected chi connectivity index (χ1v) is 5.68. The quantitative estimate of drug-likeness (QED) is 0.742. The number of nitrogens with two attached hydrogens (primary N) is 1. The van der Waals surface area contributed by atoms with Crippen LogP contribution in [0.4, 0.5) is 5.82 Å². The summed E-state index contributed by atoms with van der Waals surface area (Å²) in [5, 5.41) is 3.45. The Morgan fingerprint density at radius 3 is 2.87 bits per heavy atom. The summed E-state index contributed by atoms with van der Waals surface area (Å²) in [7, 11) is 0. The maximum absolute atomic E-state index is 6.29. The third kappa shape index (κ3) is 1.88. The van der Waals surface area contributed by atoms with Gasteiger partial charge in [-0.05, 0) is 17.9 Å². The van der Waals surface area contributed by atoms with Crippen LogP contribution in [-0.2, 0) is 6.54 Å². The van der Waals surface area contributed by atoms with E-state index in [4.69, 9.17) is 5.73 Å². The monoisotopic (exact) mass is 207 g/mol. The van der Waals surface area contributed by atoms with Crippen LogP contribution < -0.4 is 11.1 Å². The summed E-state index contributed by atoms with van der Waals surface area (Å²) in [4.78, 5) is 0. The van der Waals surface area contributed by atoms with Gasteiger partial charge in [0.05, 0.1) is 0 Å². The summed E-state index contributed by atoms with van der Waals surface area (Å²) >= 11 is 0. The molecular formula is C12H21N3. The Labute approximate surface area is 91.7 Å². The van der Waals surface area contributed by atoms with Crippen LogP contribution in [0.25, 0.3) is 0 Å². The van der Waals surface area contributed by atoms with Crippen LogP contribution in [0.5, 0.6) is 0 Å². The molecule has 0 saturated heterocycles. The van der Waals surface area contributed by atoms with Crippen molar-refractivity contribution in [1.29, 1.82) is 0 Å². The van der Waals surface area contributed by atoms with Crippen molar-refractivity contribution in [3.8, 4) is 0 Å². The van der Waals surface area contributed by atoms with Crippen LogP contribution in [0.3, 0.4) is 0 Å². The van der Waals surface area contributed by atoms with Crippen molar-refractivity contribution in [2.75, 3.05) is 11.9 Å². The Balaban J connectivity index is 2.33. The number of nitrogens with zero attached hydrogens (tertiary/aromatic N) is 1. The number of fused-ring (bicyclic) bond motifs is 1. The minimum Gasteiger partial charge on any atom is -0.371 e. The summed E-state index contributed by atoms with van der Waals surface area (Å²) < 4.78 is 2.27. The Morgan fingerprint density at radius 1 is 1.47 bits per heavy atom. The van der Waals surface area contributed by atoms with E-state index < -0.39 is 0 Å². The van der Waals surface area contributed by atoms with Crippen LogP contribution in [-0.4, -0.2) is 11.1 Å². The molecule has 0 aliphatic carbocycles. The molecule has 2 rings (SSSR count). The number of rotatable bonds is 1. The fourth-order valence-electron chi connectivity index (χ4n) is 2.05. The molecule has 15 heavy (non-hydrogen) atoms. The lowest BCUT2D eigenvalue weighted by Gasteiger charge is -2.29. The van der Waals surface area contributed by atoms with Crippen LogP contribution in [0, 0.1) is 5.41 Å². The molecule has 1 aliphatic rings. The lowest BCUT2D eigenvalue weighted by atomic mass is 9.83. The van der Waals surface area contributed by atoms with Gasteiger partial charge in [-0.2, -0.15) is 0 Å². The molecule has 1 aromatic heterocycles. The summed E-state index contributed by atoms with van der Waals surface area (Å²) in [6.07, 6.45) is 3.34. The summed E-state index contributed by atoms with van der Waals surface area (Å²) in [6.45, 7) is 8.73. The van der Waals surface area contributed by atoms with E-state index in [0.717, 1.165) is 13.1 Å². The van der Waals surface area contributed by atoms with Gasteiger partial charge in [0.1, 0.15) is 5.82 Å². The lowest BCUT2D eigenvalue weighted by molar-refractivity contribution is 0.327. The van der Waals surface area contributed by atoms with Gasteiger partial charge < -0.3 is 15.6 Å². The van der Waals surface area contributed by atoms with E-state index in [-0.39, 0.29) is 11.5 Å². The van der Waals surface area contributed by atoms with Crippen LogP contribution >= 0.6 is 0 Å². The molecule has 1 aliphatic heterocycles. The number of hydrogen-bond acceptors (Lipinski definition) is 2. The Kier molecular flexibility index (Phi) is 2.51. The molecule has 0 spiro atoms. The highest BCUT2D eigenvalue weighted by atomic mass is 15.1. The van der Waals surface area contributed by atoms with Gasteiger partial charge in [-0.25, -0.2) is 0 Å². The number of nitrogens with one attached hydrogen (secondary N) is 1. The highest BCUT2D eigenvalue weighted by molar-refractivity contribution is 5.49. The third-order valence-corrected chi connectivity index (χ3v) is 3.13. The van der Waals surface area contributed by atoms with Crippen LogP contribution in [0.15, 0.2) is 12.3 Å². The minimum atomic E-state index is 0.0966. The van der Waals surface area contributed by atoms with Crippen LogP contribution in [0.2, 0.25) is 0 Å². The average molecular weight is 207 g/mol. The molecular weight excluding hydrogens is 186 g/mol. The predicted octanol–water partition coefficient (Wildman–Crippen LogP) is 2.35. The van der Waals surface area contributed by atoms with Crippen molar-refractivity contribution in [2.45, 2.75) is 39.8 Å². The van der Waals surface area contributed by atoms with E-state index in [1.54, 1.807) is 0 Å². The molecule has 0 amide bonds. The zero-order valence-electron chi connectivity index (χ0n) is 9.88. The number of aryl methyl sites for hydroxylation is 1. The molecule has 3 N–H and O–H groups in total. The lowest BCUT2D eigenvalue weighted by Crippen LogP contribution is -2.28. The maximum atomic E-state index is 6.29. The Bertz CT molecular complexity index is 346. The first kappa shape index (κ1) is 10.6. The van der Waals surface area contributed by atoms with E-state index in [9.17, 15) is 0 Å². The molecule has 1 atom stereocenters. The zero-order valence-corrected chi connectivity index (χ0v) is 9.88. The molecule has 0 saturated carbocycles. The fourth-order valence-corrected chi connectivity index (χ4v) is 2.05.